The van der Waals surface area contributed by atoms with Gasteiger partial charge in [-0.2, -0.15) is 0 Å². The number of hydrogen-bond acceptors (Lipinski definition) is 4. The summed E-state index contributed by atoms with van der Waals surface area (Å²) in [6, 6.07) is 8.33. The van der Waals surface area contributed by atoms with E-state index in [-0.39, 0.29) is 17.3 Å². The molecule has 1 amide bonds. The van der Waals surface area contributed by atoms with Gasteiger partial charge in [-0.05, 0) is 36.1 Å². The van der Waals surface area contributed by atoms with Gasteiger partial charge in [0.2, 0.25) is 0 Å². The summed E-state index contributed by atoms with van der Waals surface area (Å²) in [6.45, 7) is 5.38. The van der Waals surface area contributed by atoms with Gasteiger partial charge in [-0.3, -0.25) is 14.5 Å². The molecule has 0 aliphatic carbocycles. The molecule has 1 aliphatic heterocycles. The molecular weight excluding hydrogens is 358 g/mol. The Hall–Kier alpha value is -2.11. The third kappa shape index (κ3) is 2.98. The Balaban J connectivity index is 2.21. The molecular formula is C19H18ClNO3S. The van der Waals surface area contributed by atoms with Crippen molar-refractivity contribution in [3.05, 3.63) is 62.5 Å². The molecule has 0 saturated carbocycles. The number of carbonyl (C=O) groups excluding carboxylic acids is 2. The number of aryl methyl sites for hydroxylation is 1. The van der Waals surface area contributed by atoms with Gasteiger partial charge in [-0.15, -0.1) is 11.3 Å². The number of thiophene rings is 1. The number of carbonyl (C=O) groups is 2. The number of amides is 1. The maximum absolute atomic E-state index is 12.8. The van der Waals surface area contributed by atoms with Gasteiger partial charge in [0.25, 0.3) is 5.91 Å². The second-order valence-corrected chi connectivity index (χ2v) is 7.72. The highest BCUT2D eigenvalue weighted by Gasteiger charge is 2.45. The van der Waals surface area contributed by atoms with Crippen molar-refractivity contribution in [3.63, 3.8) is 0 Å². The van der Waals surface area contributed by atoms with E-state index in [1.807, 2.05) is 30.5 Å². The lowest BCUT2D eigenvalue weighted by atomic mass is 9.94. The second-order valence-electron chi connectivity index (χ2n) is 6.31. The van der Waals surface area contributed by atoms with E-state index in [0.29, 0.717) is 10.7 Å². The summed E-state index contributed by atoms with van der Waals surface area (Å²) in [5.41, 5.74) is 1.58. The number of halogens is 1. The zero-order valence-electron chi connectivity index (χ0n) is 14.1. The zero-order chi connectivity index (χ0) is 18.3. The Morgan fingerprint density at radius 1 is 1.32 bits per heavy atom. The van der Waals surface area contributed by atoms with Crippen molar-refractivity contribution in [2.75, 3.05) is 4.90 Å². The van der Waals surface area contributed by atoms with Crippen LogP contribution < -0.4 is 4.90 Å². The normalized spacial score (nSPS) is 17.7. The summed E-state index contributed by atoms with van der Waals surface area (Å²) in [6.07, 6.45) is 0. The minimum atomic E-state index is -0.639. The Kier molecular flexibility index (Phi) is 4.71. The monoisotopic (exact) mass is 375 g/mol. The third-order valence-corrected chi connectivity index (χ3v) is 5.40. The predicted octanol–water partition coefficient (Wildman–Crippen LogP) is 4.84. The van der Waals surface area contributed by atoms with E-state index in [1.54, 1.807) is 26.0 Å². The Labute approximate surface area is 155 Å². The summed E-state index contributed by atoms with van der Waals surface area (Å²) >= 11 is 7.56. The van der Waals surface area contributed by atoms with Gasteiger partial charge in [0.1, 0.15) is 6.04 Å². The molecule has 4 nitrogen and oxygen atoms in total. The summed E-state index contributed by atoms with van der Waals surface area (Å²) in [7, 11) is 0. The van der Waals surface area contributed by atoms with Gasteiger partial charge in [-0.1, -0.05) is 37.6 Å². The van der Waals surface area contributed by atoms with Crippen LogP contribution in [0, 0.1) is 12.8 Å². The second kappa shape index (κ2) is 6.65. The molecule has 1 atom stereocenters. The number of aliphatic hydroxyl groups excluding tert-OH is 1. The molecule has 1 N–H and O–H groups in total. The van der Waals surface area contributed by atoms with Gasteiger partial charge in [-0.25, -0.2) is 0 Å². The number of Topliss-reactive ketones (excluding diaryl/α,β-unsaturated/α-hetero) is 1. The van der Waals surface area contributed by atoms with E-state index in [0.717, 1.165) is 10.4 Å². The quantitative estimate of drug-likeness (QED) is 0.832. The number of rotatable bonds is 4. The van der Waals surface area contributed by atoms with Crippen LogP contribution in [-0.4, -0.2) is 16.8 Å². The Morgan fingerprint density at radius 2 is 2.04 bits per heavy atom. The first-order valence-corrected chi connectivity index (χ1v) is 9.19. The van der Waals surface area contributed by atoms with E-state index in [2.05, 4.69) is 0 Å². The molecule has 0 radical (unpaired) electrons. The predicted molar refractivity (Wildman–Crippen MR) is 100 cm³/mol. The fourth-order valence-corrected chi connectivity index (χ4v) is 3.96. The lowest BCUT2D eigenvalue weighted by molar-refractivity contribution is -0.119. The van der Waals surface area contributed by atoms with Crippen LogP contribution in [0.5, 0.6) is 0 Å². The van der Waals surface area contributed by atoms with E-state index >= 15 is 0 Å². The van der Waals surface area contributed by atoms with Crippen LogP contribution in [0.2, 0.25) is 5.02 Å². The fourth-order valence-electron chi connectivity index (χ4n) is 2.97. The van der Waals surface area contributed by atoms with Crippen LogP contribution in [0.1, 0.15) is 30.3 Å². The molecule has 130 valence electrons. The van der Waals surface area contributed by atoms with Gasteiger partial charge in [0, 0.05) is 21.5 Å². The maximum Gasteiger partial charge on any atom is 0.294 e. The van der Waals surface area contributed by atoms with Crippen molar-refractivity contribution in [2.24, 2.45) is 5.92 Å². The van der Waals surface area contributed by atoms with Crippen LogP contribution >= 0.6 is 22.9 Å². The van der Waals surface area contributed by atoms with Crippen LogP contribution in [0.4, 0.5) is 5.69 Å². The van der Waals surface area contributed by atoms with E-state index in [1.165, 1.54) is 16.2 Å². The maximum atomic E-state index is 12.8. The minimum absolute atomic E-state index is 0.154. The van der Waals surface area contributed by atoms with Gasteiger partial charge < -0.3 is 5.11 Å². The lowest BCUT2D eigenvalue weighted by Crippen LogP contribution is -2.31. The molecule has 2 aromatic rings. The third-order valence-electron chi connectivity index (χ3n) is 4.24. The summed E-state index contributed by atoms with van der Waals surface area (Å²) in [5, 5.41) is 12.8. The molecule has 0 spiro atoms. The Morgan fingerprint density at radius 3 is 2.64 bits per heavy atom. The first kappa shape index (κ1) is 17.7. The molecule has 0 fully saturated rings. The Bertz CT molecular complexity index is 871. The molecule has 6 heteroatoms. The van der Waals surface area contributed by atoms with Crippen molar-refractivity contribution < 1.29 is 14.7 Å². The van der Waals surface area contributed by atoms with Crippen LogP contribution in [0.25, 0.3) is 0 Å². The van der Waals surface area contributed by atoms with Gasteiger partial charge >= 0.3 is 0 Å². The molecule has 3 rings (SSSR count). The first-order valence-electron chi connectivity index (χ1n) is 7.93. The lowest BCUT2D eigenvalue weighted by Gasteiger charge is -2.27. The summed E-state index contributed by atoms with van der Waals surface area (Å²) in [4.78, 5) is 27.8. The fraction of sp³-hybridized carbons (Fsp3) is 0.263. The van der Waals surface area contributed by atoms with E-state index in [9.17, 15) is 14.7 Å². The highest BCUT2D eigenvalue weighted by atomic mass is 35.5. The molecule has 2 heterocycles. The zero-order valence-corrected chi connectivity index (χ0v) is 15.7. The van der Waals surface area contributed by atoms with Gasteiger partial charge in [0.15, 0.2) is 11.5 Å². The number of hydrogen-bond donors (Lipinski definition) is 1. The van der Waals surface area contributed by atoms with Gasteiger partial charge in [0.05, 0.1) is 5.57 Å². The molecule has 1 aromatic carbocycles. The number of anilines is 1. The van der Waals surface area contributed by atoms with Crippen LogP contribution in [-0.2, 0) is 9.59 Å². The van der Waals surface area contributed by atoms with E-state index < -0.39 is 17.7 Å². The summed E-state index contributed by atoms with van der Waals surface area (Å²) in [5.74, 6) is -1.61. The molecule has 25 heavy (non-hydrogen) atoms. The van der Waals surface area contributed by atoms with Crippen molar-refractivity contribution >= 4 is 40.3 Å². The standard InChI is InChI=1S/C19H18ClNO3S/c1-10(2)17(22)15-16(14-5-4-8-25-14)21(19(24)18(15)23)13-9-12(20)7-6-11(13)3/h4-10,16,23H,1-3H3. The van der Waals surface area contributed by atoms with Crippen LogP contribution in [0.3, 0.4) is 0 Å². The smallest absolute Gasteiger partial charge is 0.294 e. The average molecular weight is 376 g/mol. The number of ketones is 1. The van der Waals surface area contributed by atoms with Crippen molar-refractivity contribution in [2.45, 2.75) is 26.8 Å². The molecule has 0 saturated heterocycles. The molecule has 0 bridgehead atoms. The number of benzene rings is 1. The number of aliphatic hydroxyl groups is 1. The van der Waals surface area contributed by atoms with Crippen molar-refractivity contribution in [1.82, 2.24) is 0 Å². The molecule has 1 unspecified atom stereocenters. The largest absolute Gasteiger partial charge is 0.503 e. The highest BCUT2D eigenvalue weighted by Crippen LogP contribution is 2.44. The van der Waals surface area contributed by atoms with E-state index in [4.69, 9.17) is 11.6 Å². The minimum Gasteiger partial charge on any atom is -0.503 e. The topological polar surface area (TPSA) is 57.6 Å². The van der Waals surface area contributed by atoms with Crippen molar-refractivity contribution in [1.29, 1.82) is 0 Å². The average Bonchev–Trinajstić information content (AvgIpc) is 3.17. The van der Waals surface area contributed by atoms with Crippen LogP contribution in [0.15, 0.2) is 47.0 Å². The molecule has 1 aromatic heterocycles. The SMILES string of the molecule is Cc1ccc(Cl)cc1N1C(=O)C(O)=C(C(=O)C(C)C)C1c1cccs1. The van der Waals surface area contributed by atoms with Crippen molar-refractivity contribution in [3.8, 4) is 0 Å². The highest BCUT2D eigenvalue weighted by molar-refractivity contribution is 7.10. The number of nitrogens with zero attached hydrogens (tertiary/aromatic N) is 1. The molecule has 1 aliphatic rings. The summed E-state index contributed by atoms with van der Waals surface area (Å²) < 4.78 is 0. The first-order chi connectivity index (χ1) is 11.8.